The first kappa shape index (κ1) is 14.4. The molecule has 0 saturated heterocycles. The third kappa shape index (κ3) is 3.39. The van der Waals surface area contributed by atoms with Crippen LogP contribution in [0.15, 0.2) is 18.2 Å². The van der Waals surface area contributed by atoms with Gasteiger partial charge in [0.15, 0.2) is 0 Å². The van der Waals surface area contributed by atoms with E-state index in [-0.39, 0.29) is 11.9 Å². The Morgan fingerprint density at radius 2 is 2.06 bits per heavy atom. The lowest BCUT2D eigenvalue weighted by Gasteiger charge is -2.26. The average molecular weight is 250 g/mol. The molecule has 0 atom stereocenters. The number of hydrogen-bond donors (Lipinski definition) is 1. The fourth-order valence-electron chi connectivity index (χ4n) is 1.86. The normalized spacial score (nSPS) is 10.5. The third-order valence-corrected chi connectivity index (χ3v) is 2.76. The smallest absolute Gasteiger partial charge is 0.254 e. The molecule has 0 aliphatic carbocycles. The Morgan fingerprint density at radius 1 is 1.39 bits per heavy atom. The highest BCUT2D eigenvalue weighted by molar-refractivity contribution is 5.95. The first-order valence-corrected chi connectivity index (χ1v) is 6.25. The van der Waals surface area contributed by atoms with E-state index in [2.05, 4.69) is 6.92 Å². The Kier molecular flexibility index (Phi) is 5.01. The lowest BCUT2D eigenvalue weighted by atomic mass is 10.1. The number of nitrogen functional groups attached to an aromatic ring is 1. The second-order valence-electron chi connectivity index (χ2n) is 4.59. The minimum atomic E-state index is -0.00236. The van der Waals surface area contributed by atoms with E-state index < -0.39 is 0 Å². The van der Waals surface area contributed by atoms with Crippen molar-refractivity contribution in [1.29, 1.82) is 0 Å². The zero-order valence-electron chi connectivity index (χ0n) is 11.6. The van der Waals surface area contributed by atoms with E-state index in [0.29, 0.717) is 17.0 Å². The number of nitrogens with zero attached hydrogens (tertiary/aromatic N) is 1. The van der Waals surface area contributed by atoms with Crippen LogP contribution in [0.1, 0.15) is 37.6 Å². The molecule has 0 unspecified atom stereocenters. The Labute approximate surface area is 109 Å². The van der Waals surface area contributed by atoms with Crippen LogP contribution in [0.2, 0.25) is 0 Å². The zero-order chi connectivity index (χ0) is 13.7. The van der Waals surface area contributed by atoms with E-state index in [1.54, 1.807) is 25.3 Å². The number of rotatable bonds is 5. The van der Waals surface area contributed by atoms with Crippen molar-refractivity contribution in [3.8, 4) is 5.75 Å². The second-order valence-corrected chi connectivity index (χ2v) is 4.59. The molecule has 1 amide bonds. The molecular weight excluding hydrogens is 228 g/mol. The maximum atomic E-state index is 12.4. The van der Waals surface area contributed by atoms with Crippen LogP contribution in [0, 0.1) is 0 Å². The van der Waals surface area contributed by atoms with Crippen molar-refractivity contribution in [2.75, 3.05) is 19.4 Å². The molecule has 1 aromatic rings. The Balaban J connectivity index is 3.04. The minimum Gasteiger partial charge on any atom is -0.497 e. The summed E-state index contributed by atoms with van der Waals surface area (Å²) in [7, 11) is 1.56. The van der Waals surface area contributed by atoms with Crippen molar-refractivity contribution in [2.45, 2.75) is 33.2 Å². The van der Waals surface area contributed by atoms with Crippen molar-refractivity contribution >= 4 is 11.6 Å². The van der Waals surface area contributed by atoms with Crippen LogP contribution in [0.25, 0.3) is 0 Å². The Morgan fingerprint density at radius 3 is 2.56 bits per heavy atom. The zero-order valence-corrected chi connectivity index (χ0v) is 11.6. The van der Waals surface area contributed by atoms with Crippen LogP contribution < -0.4 is 10.5 Å². The van der Waals surface area contributed by atoms with Crippen molar-refractivity contribution in [3.05, 3.63) is 23.8 Å². The van der Waals surface area contributed by atoms with Crippen molar-refractivity contribution in [1.82, 2.24) is 4.90 Å². The molecule has 0 saturated carbocycles. The predicted molar refractivity (Wildman–Crippen MR) is 73.9 cm³/mol. The number of carbonyl (C=O) groups is 1. The fourth-order valence-corrected chi connectivity index (χ4v) is 1.86. The second kappa shape index (κ2) is 6.28. The number of hydrogen-bond acceptors (Lipinski definition) is 3. The molecule has 18 heavy (non-hydrogen) atoms. The average Bonchev–Trinajstić information content (AvgIpc) is 2.33. The largest absolute Gasteiger partial charge is 0.497 e. The first-order valence-electron chi connectivity index (χ1n) is 6.25. The van der Waals surface area contributed by atoms with Gasteiger partial charge < -0.3 is 15.4 Å². The summed E-state index contributed by atoms with van der Waals surface area (Å²) in [5, 5.41) is 0. The lowest BCUT2D eigenvalue weighted by Crippen LogP contribution is -2.37. The van der Waals surface area contributed by atoms with Crippen molar-refractivity contribution in [2.24, 2.45) is 0 Å². The van der Waals surface area contributed by atoms with E-state index in [1.165, 1.54) is 0 Å². The Hall–Kier alpha value is -1.71. The predicted octanol–water partition coefficient (Wildman–Crippen LogP) is 2.54. The van der Waals surface area contributed by atoms with Crippen LogP contribution in [0.3, 0.4) is 0 Å². The maximum absolute atomic E-state index is 12.4. The number of benzene rings is 1. The highest BCUT2D eigenvalue weighted by atomic mass is 16.5. The van der Waals surface area contributed by atoms with E-state index in [4.69, 9.17) is 10.5 Å². The molecule has 0 aliphatic rings. The van der Waals surface area contributed by atoms with E-state index in [1.807, 2.05) is 18.7 Å². The summed E-state index contributed by atoms with van der Waals surface area (Å²) in [4.78, 5) is 14.3. The third-order valence-electron chi connectivity index (χ3n) is 2.76. The number of anilines is 1. The summed E-state index contributed by atoms with van der Waals surface area (Å²) >= 11 is 0. The van der Waals surface area contributed by atoms with Crippen LogP contribution in [0.5, 0.6) is 5.75 Å². The van der Waals surface area contributed by atoms with Crippen LogP contribution in [0.4, 0.5) is 5.69 Å². The number of ether oxygens (including phenoxy) is 1. The standard InChI is InChI=1S/C14H22N2O2/c1-5-6-16(10(2)3)14(17)11-7-12(15)9-13(8-11)18-4/h7-10H,5-6,15H2,1-4H3. The molecule has 2 N–H and O–H groups in total. The van der Waals surface area contributed by atoms with Gasteiger partial charge in [0.2, 0.25) is 0 Å². The molecule has 0 radical (unpaired) electrons. The first-order chi connectivity index (χ1) is 8.49. The van der Waals surface area contributed by atoms with Gasteiger partial charge in [0.05, 0.1) is 7.11 Å². The molecule has 100 valence electrons. The molecule has 0 spiro atoms. The molecule has 0 bridgehead atoms. The molecule has 0 fully saturated rings. The van der Waals surface area contributed by atoms with E-state index in [9.17, 15) is 4.79 Å². The molecule has 1 rings (SSSR count). The van der Waals surface area contributed by atoms with Crippen LogP contribution >= 0.6 is 0 Å². The SMILES string of the molecule is CCCN(C(=O)c1cc(N)cc(OC)c1)C(C)C. The van der Waals surface area contributed by atoms with E-state index in [0.717, 1.165) is 13.0 Å². The van der Waals surface area contributed by atoms with Crippen molar-refractivity contribution in [3.63, 3.8) is 0 Å². The van der Waals surface area contributed by atoms with Gasteiger partial charge in [-0.15, -0.1) is 0 Å². The fraction of sp³-hybridized carbons (Fsp3) is 0.500. The van der Waals surface area contributed by atoms with Gasteiger partial charge in [-0.3, -0.25) is 4.79 Å². The summed E-state index contributed by atoms with van der Waals surface area (Å²) in [6.45, 7) is 6.82. The van der Waals surface area contributed by atoms with Gasteiger partial charge in [-0.25, -0.2) is 0 Å². The number of methoxy groups -OCH3 is 1. The van der Waals surface area contributed by atoms with Gasteiger partial charge in [0.25, 0.3) is 5.91 Å². The van der Waals surface area contributed by atoms with Crippen LogP contribution in [-0.4, -0.2) is 30.5 Å². The summed E-state index contributed by atoms with van der Waals surface area (Å²) in [5.41, 5.74) is 6.89. The number of amides is 1. The van der Waals surface area contributed by atoms with Gasteiger partial charge >= 0.3 is 0 Å². The van der Waals surface area contributed by atoms with Gasteiger partial charge in [0.1, 0.15) is 5.75 Å². The molecular formula is C14H22N2O2. The monoisotopic (exact) mass is 250 g/mol. The molecule has 4 heteroatoms. The summed E-state index contributed by atoms with van der Waals surface area (Å²) < 4.78 is 5.14. The van der Waals surface area contributed by atoms with Crippen molar-refractivity contribution < 1.29 is 9.53 Å². The number of carbonyl (C=O) groups excluding carboxylic acids is 1. The van der Waals surface area contributed by atoms with Gasteiger partial charge in [-0.05, 0) is 32.4 Å². The summed E-state index contributed by atoms with van der Waals surface area (Å²) in [5.74, 6) is 0.607. The number of nitrogens with two attached hydrogens (primary N) is 1. The van der Waals surface area contributed by atoms with Gasteiger partial charge in [0, 0.05) is 29.9 Å². The molecule has 0 heterocycles. The van der Waals surface area contributed by atoms with Crippen LogP contribution in [-0.2, 0) is 0 Å². The topological polar surface area (TPSA) is 55.6 Å². The highest BCUT2D eigenvalue weighted by Crippen LogP contribution is 2.20. The molecule has 1 aromatic carbocycles. The molecule has 0 aliphatic heterocycles. The van der Waals surface area contributed by atoms with Gasteiger partial charge in [-0.1, -0.05) is 6.92 Å². The Bertz CT molecular complexity index is 416. The summed E-state index contributed by atoms with van der Waals surface area (Å²) in [6, 6.07) is 5.29. The molecule has 0 aromatic heterocycles. The lowest BCUT2D eigenvalue weighted by molar-refractivity contribution is 0.0705. The quantitative estimate of drug-likeness (QED) is 0.817. The summed E-state index contributed by atoms with van der Waals surface area (Å²) in [6.07, 6.45) is 0.934. The van der Waals surface area contributed by atoms with Gasteiger partial charge in [-0.2, -0.15) is 0 Å². The minimum absolute atomic E-state index is 0.00236. The maximum Gasteiger partial charge on any atom is 0.254 e. The highest BCUT2D eigenvalue weighted by Gasteiger charge is 2.18. The van der Waals surface area contributed by atoms with E-state index >= 15 is 0 Å². The molecule has 4 nitrogen and oxygen atoms in total.